The fraction of sp³-hybridized carbons (Fsp3) is 0.412. The molecule has 0 spiro atoms. The number of carbonyl (C=O) groups excluding carboxylic acids is 1. The van der Waals surface area contributed by atoms with Gasteiger partial charge in [-0.3, -0.25) is 9.48 Å². The van der Waals surface area contributed by atoms with Crippen LogP contribution in [0.15, 0.2) is 24.3 Å². The van der Waals surface area contributed by atoms with Crippen molar-refractivity contribution in [3.05, 3.63) is 46.8 Å². The first kappa shape index (κ1) is 21.7. The van der Waals surface area contributed by atoms with E-state index in [1.807, 2.05) is 19.1 Å². The van der Waals surface area contributed by atoms with Crippen LogP contribution in [-0.4, -0.2) is 33.7 Å². The number of alkyl halides is 7. The summed E-state index contributed by atoms with van der Waals surface area (Å²) in [6, 6.07) is 7.21. The number of halogens is 7. The average molecular weight is 411 g/mol. The van der Waals surface area contributed by atoms with Crippen LogP contribution in [0.5, 0.6) is 0 Å². The van der Waals surface area contributed by atoms with E-state index >= 15 is 0 Å². The van der Waals surface area contributed by atoms with Crippen LogP contribution in [0.2, 0.25) is 0 Å². The van der Waals surface area contributed by atoms with Crippen molar-refractivity contribution in [3.63, 3.8) is 0 Å². The molecule has 0 atom stereocenters. The summed E-state index contributed by atoms with van der Waals surface area (Å²) in [7, 11) is 0. The van der Waals surface area contributed by atoms with Gasteiger partial charge in [0.25, 0.3) is 0 Å². The third-order valence-electron chi connectivity index (χ3n) is 4.07. The second-order valence-corrected chi connectivity index (χ2v) is 6.29. The van der Waals surface area contributed by atoms with Crippen LogP contribution in [0.1, 0.15) is 22.5 Å². The van der Waals surface area contributed by atoms with E-state index in [1.54, 1.807) is 12.1 Å². The lowest BCUT2D eigenvalue weighted by Gasteiger charge is -2.27. The van der Waals surface area contributed by atoms with Gasteiger partial charge in [0, 0.05) is 0 Å². The van der Waals surface area contributed by atoms with E-state index in [-0.39, 0.29) is 23.6 Å². The summed E-state index contributed by atoms with van der Waals surface area (Å²) in [6.07, 6.45) is -6.59. The van der Waals surface area contributed by atoms with Crippen molar-refractivity contribution in [2.75, 3.05) is 5.32 Å². The predicted molar refractivity (Wildman–Crippen MR) is 86.6 cm³/mol. The number of nitrogens with zero attached hydrogens (tertiary/aromatic N) is 2. The molecule has 0 aliphatic carbocycles. The fourth-order valence-corrected chi connectivity index (χ4v) is 2.53. The molecular weight excluding hydrogens is 395 g/mol. The number of amides is 1. The van der Waals surface area contributed by atoms with Crippen LogP contribution >= 0.6 is 0 Å². The van der Waals surface area contributed by atoms with Crippen LogP contribution < -0.4 is 5.32 Å². The maximum absolute atomic E-state index is 13.5. The highest BCUT2D eigenvalue weighted by Gasteiger charge is 2.76. The van der Waals surface area contributed by atoms with Crippen molar-refractivity contribution in [2.45, 2.75) is 45.3 Å². The summed E-state index contributed by atoms with van der Waals surface area (Å²) in [5, 5.41) is 5.49. The molecule has 1 amide bonds. The summed E-state index contributed by atoms with van der Waals surface area (Å²) in [5.41, 5.74) is 1.50. The van der Waals surface area contributed by atoms with E-state index in [9.17, 15) is 35.5 Å². The highest BCUT2D eigenvalue weighted by Crippen LogP contribution is 2.47. The number of rotatable bonds is 5. The summed E-state index contributed by atoms with van der Waals surface area (Å²) < 4.78 is 91.2. The van der Waals surface area contributed by atoms with Crippen LogP contribution in [0.4, 0.5) is 36.4 Å². The molecule has 0 radical (unpaired) electrons. The Balaban J connectivity index is 2.30. The van der Waals surface area contributed by atoms with E-state index in [0.29, 0.717) is 0 Å². The van der Waals surface area contributed by atoms with Gasteiger partial charge >= 0.3 is 23.9 Å². The zero-order valence-electron chi connectivity index (χ0n) is 15.0. The Bertz CT molecular complexity index is 887. The zero-order valence-corrected chi connectivity index (χ0v) is 15.0. The molecule has 154 valence electrons. The van der Waals surface area contributed by atoms with Crippen molar-refractivity contribution < 1.29 is 35.5 Å². The Kier molecular flexibility index (Phi) is 5.50. The van der Waals surface area contributed by atoms with Gasteiger partial charge in [-0.1, -0.05) is 29.8 Å². The van der Waals surface area contributed by atoms with Gasteiger partial charge in [-0.15, -0.1) is 0 Å². The zero-order chi connectivity index (χ0) is 21.5. The summed E-state index contributed by atoms with van der Waals surface area (Å²) in [4.78, 5) is 11.6. The third-order valence-corrected chi connectivity index (χ3v) is 4.07. The molecule has 0 fully saturated rings. The molecule has 1 N–H and O–H groups in total. The van der Waals surface area contributed by atoms with Crippen LogP contribution in [0.3, 0.4) is 0 Å². The Labute approximate surface area is 155 Å². The van der Waals surface area contributed by atoms with E-state index in [0.717, 1.165) is 11.1 Å². The van der Waals surface area contributed by atoms with E-state index in [2.05, 4.69) is 5.10 Å². The molecule has 0 aliphatic rings. The molecule has 0 saturated heterocycles. The minimum atomic E-state index is -6.59. The van der Waals surface area contributed by atoms with Gasteiger partial charge in [0.15, 0.2) is 0 Å². The molecule has 1 heterocycles. The SMILES string of the molecule is Cc1cccc(Cn2nc(C)c(NC(=O)C(F)(F)C(F)(F)C(F)(F)F)c2C)c1. The van der Waals surface area contributed by atoms with Crippen molar-refractivity contribution >= 4 is 11.6 Å². The summed E-state index contributed by atoms with van der Waals surface area (Å²) in [6.45, 7) is 4.69. The minimum absolute atomic E-state index is 0.00960. The largest absolute Gasteiger partial charge is 0.460 e. The maximum Gasteiger partial charge on any atom is 0.460 e. The Morgan fingerprint density at radius 3 is 2.21 bits per heavy atom. The number of nitrogens with one attached hydrogen (secondary N) is 1. The van der Waals surface area contributed by atoms with E-state index in [4.69, 9.17) is 0 Å². The molecule has 4 nitrogen and oxygen atoms in total. The number of benzene rings is 1. The van der Waals surface area contributed by atoms with Gasteiger partial charge in [-0.2, -0.15) is 35.8 Å². The molecule has 2 rings (SSSR count). The molecule has 0 unspecified atom stereocenters. The third kappa shape index (κ3) is 3.83. The van der Waals surface area contributed by atoms with E-state index in [1.165, 1.54) is 23.8 Å². The lowest BCUT2D eigenvalue weighted by molar-refractivity contribution is -0.343. The monoisotopic (exact) mass is 411 g/mol. The number of carbonyl (C=O) groups is 1. The van der Waals surface area contributed by atoms with Crippen molar-refractivity contribution in [1.82, 2.24) is 9.78 Å². The van der Waals surface area contributed by atoms with Gasteiger partial charge < -0.3 is 5.32 Å². The molecule has 2 aromatic rings. The number of anilines is 1. The fourth-order valence-electron chi connectivity index (χ4n) is 2.53. The maximum atomic E-state index is 13.5. The standard InChI is InChI=1S/C17H16F7N3O/c1-9-5-4-6-12(7-9)8-27-11(3)13(10(2)26-27)25-14(28)15(18,19)16(20,21)17(22,23)24/h4-7H,8H2,1-3H3,(H,25,28). The number of aryl methyl sites for hydroxylation is 2. The van der Waals surface area contributed by atoms with Crippen molar-refractivity contribution in [1.29, 1.82) is 0 Å². The highest BCUT2D eigenvalue weighted by atomic mass is 19.4. The first-order valence-corrected chi connectivity index (χ1v) is 7.92. The molecule has 28 heavy (non-hydrogen) atoms. The Morgan fingerprint density at radius 1 is 1.07 bits per heavy atom. The highest BCUT2D eigenvalue weighted by molar-refractivity contribution is 5.97. The average Bonchev–Trinajstić information content (AvgIpc) is 2.81. The number of hydrogen-bond donors (Lipinski definition) is 1. The van der Waals surface area contributed by atoms with Crippen molar-refractivity contribution in [2.24, 2.45) is 0 Å². The van der Waals surface area contributed by atoms with Gasteiger partial charge in [-0.25, -0.2) is 0 Å². The van der Waals surface area contributed by atoms with Gasteiger partial charge in [0.1, 0.15) is 0 Å². The summed E-state index contributed by atoms with van der Waals surface area (Å²) >= 11 is 0. The topological polar surface area (TPSA) is 46.9 Å². The second-order valence-electron chi connectivity index (χ2n) is 6.29. The lowest BCUT2D eigenvalue weighted by atomic mass is 10.1. The second kappa shape index (κ2) is 7.10. The van der Waals surface area contributed by atoms with Crippen LogP contribution in [-0.2, 0) is 11.3 Å². The van der Waals surface area contributed by atoms with Gasteiger partial charge in [0.05, 0.1) is 23.6 Å². The molecule has 11 heteroatoms. The lowest BCUT2D eigenvalue weighted by Crippen LogP contribution is -2.57. The summed E-state index contributed by atoms with van der Waals surface area (Å²) in [5.74, 6) is -15.3. The Hall–Kier alpha value is -2.59. The molecule has 0 bridgehead atoms. The van der Waals surface area contributed by atoms with Crippen molar-refractivity contribution in [3.8, 4) is 0 Å². The minimum Gasteiger partial charge on any atom is -0.317 e. The molecule has 1 aromatic heterocycles. The molecular formula is C17H16F7N3O. The molecule has 1 aromatic carbocycles. The predicted octanol–water partition coefficient (Wildman–Crippen LogP) is 4.63. The number of hydrogen-bond acceptors (Lipinski definition) is 2. The van der Waals surface area contributed by atoms with Crippen LogP contribution in [0.25, 0.3) is 0 Å². The first-order chi connectivity index (χ1) is 12.7. The smallest absolute Gasteiger partial charge is 0.317 e. The van der Waals surface area contributed by atoms with Gasteiger partial charge in [-0.05, 0) is 26.3 Å². The van der Waals surface area contributed by atoms with Crippen LogP contribution in [0, 0.1) is 20.8 Å². The normalized spacial score (nSPS) is 12.9. The van der Waals surface area contributed by atoms with Gasteiger partial charge in [0.2, 0.25) is 0 Å². The Morgan fingerprint density at radius 2 is 1.68 bits per heavy atom. The first-order valence-electron chi connectivity index (χ1n) is 7.92. The molecule has 0 saturated carbocycles. The quantitative estimate of drug-likeness (QED) is 0.730. The van der Waals surface area contributed by atoms with E-state index < -0.39 is 23.9 Å². The number of aromatic nitrogens is 2. The molecule has 0 aliphatic heterocycles.